The van der Waals surface area contributed by atoms with Crippen molar-refractivity contribution in [3.63, 3.8) is 0 Å². The minimum atomic E-state index is -0.837. The Labute approximate surface area is 255 Å². The maximum atomic E-state index is 13.8. The molecule has 2 heterocycles. The minimum absolute atomic E-state index is 0.119. The van der Waals surface area contributed by atoms with Crippen LogP contribution < -0.4 is 29.1 Å². The third-order valence-electron chi connectivity index (χ3n) is 5.97. The van der Waals surface area contributed by atoms with E-state index in [1.807, 2.05) is 13.8 Å². The molecule has 3 aromatic rings. The summed E-state index contributed by atoms with van der Waals surface area (Å²) in [5.41, 5.74) is 0.912. The lowest BCUT2D eigenvalue weighted by Crippen LogP contribution is -2.39. The molecule has 1 aliphatic rings. The fourth-order valence-electron chi connectivity index (χ4n) is 4.27. The second kappa shape index (κ2) is 13.9. The predicted octanol–water partition coefficient (Wildman–Crippen LogP) is 4.06. The van der Waals surface area contributed by atoms with Crippen LogP contribution in [0.25, 0.3) is 6.08 Å². The summed E-state index contributed by atoms with van der Waals surface area (Å²) in [6, 6.07) is 7.54. The normalized spacial score (nSPS) is 14.4. The van der Waals surface area contributed by atoms with E-state index in [0.29, 0.717) is 45.2 Å². The van der Waals surface area contributed by atoms with Crippen molar-refractivity contribution in [2.24, 2.45) is 4.99 Å². The van der Waals surface area contributed by atoms with E-state index in [1.54, 1.807) is 43.3 Å². The highest BCUT2D eigenvalue weighted by Gasteiger charge is 2.31. The molecule has 0 aliphatic carbocycles. The van der Waals surface area contributed by atoms with Crippen LogP contribution >= 0.6 is 34.5 Å². The van der Waals surface area contributed by atoms with Crippen LogP contribution in [0.1, 0.15) is 37.9 Å². The molecule has 0 radical (unpaired) electrons. The van der Waals surface area contributed by atoms with Crippen LogP contribution in [0.5, 0.6) is 17.2 Å². The van der Waals surface area contributed by atoms with Gasteiger partial charge in [0.25, 0.3) is 5.56 Å². The predicted molar refractivity (Wildman–Crippen MR) is 159 cm³/mol. The molecule has 1 aromatic heterocycles. The molecule has 13 heteroatoms. The summed E-state index contributed by atoms with van der Waals surface area (Å²) in [6.07, 6.45) is 3.02. The number of halogens is 2. The van der Waals surface area contributed by atoms with Crippen molar-refractivity contribution in [1.29, 1.82) is 0 Å². The number of ether oxygens (including phenoxy) is 5. The number of hydrogen-bond acceptors (Lipinski definition) is 10. The first-order valence-corrected chi connectivity index (χ1v) is 14.6. The van der Waals surface area contributed by atoms with E-state index in [0.717, 1.165) is 11.3 Å². The van der Waals surface area contributed by atoms with Gasteiger partial charge in [-0.25, -0.2) is 14.6 Å². The van der Waals surface area contributed by atoms with Crippen molar-refractivity contribution in [2.45, 2.75) is 26.8 Å². The molecule has 0 saturated carbocycles. The summed E-state index contributed by atoms with van der Waals surface area (Å²) in [5.74, 6) is -0.0379. The molecule has 0 spiro atoms. The number of aromatic nitrogens is 1. The maximum absolute atomic E-state index is 13.8. The van der Waals surface area contributed by atoms with E-state index in [2.05, 4.69) is 4.99 Å². The van der Waals surface area contributed by atoms with Crippen molar-refractivity contribution in [3.8, 4) is 17.2 Å². The Hall–Kier alpha value is -3.80. The van der Waals surface area contributed by atoms with Crippen LogP contribution in [0.3, 0.4) is 0 Å². The van der Waals surface area contributed by atoms with Crippen molar-refractivity contribution >= 4 is 52.6 Å². The molecule has 0 bridgehead atoms. The topological polar surface area (TPSA) is 115 Å². The third kappa shape index (κ3) is 6.64. The van der Waals surface area contributed by atoms with Gasteiger partial charge in [0.05, 0.1) is 53.1 Å². The number of carbonyl (C=O) groups excluding carboxylic acids is 2. The van der Waals surface area contributed by atoms with Gasteiger partial charge in [0, 0.05) is 6.20 Å². The van der Waals surface area contributed by atoms with Crippen LogP contribution in [0.15, 0.2) is 51.9 Å². The van der Waals surface area contributed by atoms with Gasteiger partial charge in [0.1, 0.15) is 0 Å². The molecule has 0 N–H and O–H groups in total. The number of nitrogens with zero attached hydrogens (tertiary/aromatic N) is 2. The van der Waals surface area contributed by atoms with Gasteiger partial charge in [-0.15, -0.1) is 0 Å². The van der Waals surface area contributed by atoms with E-state index >= 15 is 0 Å². The summed E-state index contributed by atoms with van der Waals surface area (Å²) < 4.78 is 28.5. The molecule has 0 unspecified atom stereocenters. The smallest absolute Gasteiger partial charge is 0.344 e. The molecule has 1 aliphatic heterocycles. The molecule has 4 rings (SSSR count). The van der Waals surface area contributed by atoms with Gasteiger partial charge in [0.15, 0.2) is 28.7 Å². The lowest BCUT2D eigenvalue weighted by Gasteiger charge is -2.23. The van der Waals surface area contributed by atoms with E-state index in [9.17, 15) is 14.4 Å². The fourth-order valence-corrected chi connectivity index (χ4v) is 5.86. The minimum Gasteiger partial charge on any atom is -0.490 e. The van der Waals surface area contributed by atoms with E-state index in [-0.39, 0.29) is 40.1 Å². The van der Waals surface area contributed by atoms with Crippen LogP contribution in [-0.2, 0) is 19.1 Å². The molecule has 10 nitrogen and oxygen atoms in total. The van der Waals surface area contributed by atoms with Crippen molar-refractivity contribution in [2.75, 3.05) is 33.5 Å². The Morgan fingerprint density at radius 2 is 1.69 bits per heavy atom. The Kier molecular flexibility index (Phi) is 10.3. The Morgan fingerprint density at radius 3 is 2.33 bits per heavy atom. The molecular weight excluding hydrogens is 607 g/mol. The van der Waals surface area contributed by atoms with Gasteiger partial charge >= 0.3 is 11.9 Å². The SMILES string of the molecule is CCOC(=O)COc1c(Cl)cc(/C=c2\sc3n(c2=O)[C@@H](c2ccc(OCC)c(OCC)c2)C(C(=O)OC)=CN=3)cc1Cl. The Bertz CT molecular complexity index is 1690. The lowest BCUT2D eigenvalue weighted by atomic mass is 9.97. The zero-order valence-corrected chi connectivity index (χ0v) is 25.6. The van der Waals surface area contributed by atoms with Crippen molar-refractivity contribution < 1.29 is 33.3 Å². The van der Waals surface area contributed by atoms with Gasteiger partial charge in [0.2, 0.25) is 0 Å². The van der Waals surface area contributed by atoms with Crippen molar-refractivity contribution in [3.05, 3.63) is 83.0 Å². The van der Waals surface area contributed by atoms with E-state index < -0.39 is 18.0 Å². The molecule has 222 valence electrons. The highest BCUT2D eigenvalue weighted by Crippen LogP contribution is 2.36. The maximum Gasteiger partial charge on any atom is 0.344 e. The number of thiazole rings is 1. The van der Waals surface area contributed by atoms with Crippen LogP contribution in [0.2, 0.25) is 10.0 Å². The zero-order chi connectivity index (χ0) is 30.4. The quantitative estimate of drug-likeness (QED) is 0.290. The molecule has 1 atom stereocenters. The van der Waals surface area contributed by atoms with Crippen molar-refractivity contribution in [1.82, 2.24) is 4.57 Å². The number of methoxy groups -OCH3 is 1. The number of fused-ring (bicyclic) bond motifs is 1. The third-order valence-corrected chi connectivity index (χ3v) is 7.52. The number of esters is 2. The highest BCUT2D eigenvalue weighted by molar-refractivity contribution is 7.07. The first-order chi connectivity index (χ1) is 20.2. The van der Waals surface area contributed by atoms with Crippen LogP contribution in [0.4, 0.5) is 0 Å². The monoisotopic (exact) mass is 634 g/mol. The number of hydrogen-bond donors (Lipinski definition) is 0. The molecule has 42 heavy (non-hydrogen) atoms. The number of carbonyl (C=O) groups is 2. The highest BCUT2D eigenvalue weighted by atomic mass is 35.5. The van der Waals surface area contributed by atoms with Gasteiger partial charge in [-0.1, -0.05) is 40.6 Å². The molecule has 0 amide bonds. The summed E-state index contributed by atoms with van der Waals surface area (Å²) in [6.45, 7) is 6.09. The summed E-state index contributed by atoms with van der Waals surface area (Å²) in [4.78, 5) is 43.0. The average molecular weight is 636 g/mol. The second-order valence-electron chi connectivity index (χ2n) is 8.66. The average Bonchev–Trinajstić information content (AvgIpc) is 3.27. The number of rotatable bonds is 11. The Balaban J connectivity index is 1.79. The standard InChI is InChI=1S/C29H28Cl2N2O8S/c1-5-38-21-9-8-17(13-22(21)39-6-2)25-18(28(36)37-4)14-32-29-33(25)27(35)23(42-29)12-16-10-19(30)26(20(31)11-16)41-15-24(34)40-7-3/h8-14,25H,5-7,15H2,1-4H3/b23-12-/t25-/m0/s1. The van der Waals surface area contributed by atoms with Gasteiger partial charge in [-0.3, -0.25) is 9.36 Å². The summed E-state index contributed by atoms with van der Waals surface area (Å²) in [5, 5.41) is 0.295. The lowest BCUT2D eigenvalue weighted by molar-refractivity contribution is -0.145. The number of benzene rings is 2. The Morgan fingerprint density at radius 1 is 1.00 bits per heavy atom. The van der Waals surface area contributed by atoms with E-state index in [4.69, 9.17) is 46.9 Å². The first-order valence-electron chi connectivity index (χ1n) is 13.0. The van der Waals surface area contributed by atoms with Gasteiger partial charge < -0.3 is 23.7 Å². The molecule has 2 aromatic carbocycles. The molecular formula is C29H28Cl2N2O8S. The summed E-state index contributed by atoms with van der Waals surface area (Å²) >= 11 is 13.9. The molecule has 0 fully saturated rings. The van der Waals surface area contributed by atoms with Crippen LogP contribution in [-0.4, -0.2) is 50.0 Å². The largest absolute Gasteiger partial charge is 0.490 e. The van der Waals surface area contributed by atoms with Gasteiger partial charge in [-0.05, 0) is 62.2 Å². The zero-order valence-electron chi connectivity index (χ0n) is 23.3. The second-order valence-corrected chi connectivity index (χ2v) is 10.5. The summed E-state index contributed by atoms with van der Waals surface area (Å²) in [7, 11) is 1.27. The van der Waals surface area contributed by atoms with Crippen LogP contribution in [0, 0.1) is 0 Å². The van der Waals surface area contributed by atoms with E-state index in [1.165, 1.54) is 17.9 Å². The van der Waals surface area contributed by atoms with Gasteiger partial charge in [-0.2, -0.15) is 0 Å². The molecule has 0 saturated heterocycles. The fraction of sp³-hybridized carbons (Fsp3) is 0.310. The first kappa shape index (κ1) is 31.1.